The van der Waals surface area contributed by atoms with Crippen molar-refractivity contribution in [3.63, 3.8) is 0 Å². The zero-order chi connectivity index (χ0) is 17.0. The van der Waals surface area contributed by atoms with E-state index in [-0.39, 0.29) is 36.4 Å². The number of nitrogens with one attached hydrogen (secondary N) is 3. The second-order valence-electron chi connectivity index (χ2n) is 5.92. The highest BCUT2D eigenvalue weighted by Crippen LogP contribution is 2.17. The molecule has 5 nitrogen and oxygen atoms in total. The molecule has 3 N–H and O–H groups in total. The van der Waals surface area contributed by atoms with Gasteiger partial charge in [-0.15, -0.1) is 35.7 Å². The van der Waals surface area contributed by atoms with Crippen molar-refractivity contribution in [2.75, 3.05) is 25.9 Å². The number of carbonyl (C=O) groups excluding carboxylic acids is 1. The summed E-state index contributed by atoms with van der Waals surface area (Å²) in [6.07, 6.45) is 5.95. The van der Waals surface area contributed by atoms with E-state index >= 15 is 0 Å². The van der Waals surface area contributed by atoms with E-state index < -0.39 is 0 Å². The highest BCUT2D eigenvalue weighted by Gasteiger charge is 2.15. The Bertz CT molecular complexity index is 521. The average molecular weight is 476 g/mol. The summed E-state index contributed by atoms with van der Waals surface area (Å²) in [5.74, 6) is 1.66. The SMILES string of the molecule is CN=C(NCCSc1ccccc1)NCC(=O)NC1CCCCC1.I. The summed E-state index contributed by atoms with van der Waals surface area (Å²) < 4.78 is 0. The molecule has 0 spiro atoms. The zero-order valence-corrected chi connectivity index (χ0v) is 17.9. The zero-order valence-electron chi connectivity index (χ0n) is 14.8. The Morgan fingerprint density at radius 3 is 2.56 bits per heavy atom. The molecule has 1 aliphatic carbocycles. The van der Waals surface area contributed by atoms with Crippen LogP contribution in [0.5, 0.6) is 0 Å². The van der Waals surface area contributed by atoms with E-state index in [0.29, 0.717) is 12.0 Å². The van der Waals surface area contributed by atoms with Crippen LogP contribution in [0.2, 0.25) is 0 Å². The van der Waals surface area contributed by atoms with Crippen molar-refractivity contribution in [1.82, 2.24) is 16.0 Å². The summed E-state index contributed by atoms with van der Waals surface area (Å²) in [4.78, 5) is 17.4. The number of rotatable bonds is 7. The van der Waals surface area contributed by atoms with Crippen molar-refractivity contribution in [3.05, 3.63) is 30.3 Å². The van der Waals surface area contributed by atoms with E-state index in [9.17, 15) is 4.79 Å². The van der Waals surface area contributed by atoms with Crippen molar-refractivity contribution in [1.29, 1.82) is 0 Å². The minimum Gasteiger partial charge on any atom is -0.356 e. The first-order valence-electron chi connectivity index (χ1n) is 8.69. The highest BCUT2D eigenvalue weighted by atomic mass is 127. The maximum atomic E-state index is 12.0. The quantitative estimate of drug-likeness (QED) is 0.186. The van der Waals surface area contributed by atoms with E-state index in [1.807, 2.05) is 18.2 Å². The van der Waals surface area contributed by atoms with Crippen molar-refractivity contribution >= 4 is 47.6 Å². The predicted molar refractivity (Wildman–Crippen MR) is 117 cm³/mol. The number of carbonyl (C=O) groups is 1. The smallest absolute Gasteiger partial charge is 0.239 e. The molecule has 2 rings (SSSR count). The Morgan fingerprint density at radius 2 is 1.88 bits per heavy atom. The lowest BCUT2D eigenvalue weighted by Crippen LogP contribution is -2.46. The lowest BCUT2D eigenvalue weighted by atomic mass is 9.95. The largest absolute Gasteiger partial charge is 0.356 e. The van der Waals surface area contributed by atoms with Crippen LogP contribution in [0.4, 0.5) is 0 Å². The topological polar surface area (TPSA) is 65.5 Å². The van der Waals surface area contributed by atoms with Crippen molar-refractivity contribution in [3.8, 4) is 0 Å². The van der Waals surface area contributed by atoms with Gasteiger partial charge in [0.15, 0.2) is 5.96 Å². The van der Waals surface area contributed by atoms with Crippen LogP contribution in [0.3, 0.4) is 0 Å². The number of aliphatic imine (C=N–C) groups is 1. The molecule has 25 heavy (non-hydrogen) atoms. The maximum absolute atomic E-state index is 12.0. The number of nitrogens with zero attached hydrogens (tertiary/aromatic N) is 1. The van der Waals surface area contributed by atoms with E-state index in [4.69, 9.17) is 0 Å². The van der Waals surface area contributed by atoms with E-state index in [1.165, 1.54) is 24.2 Å². The lowest BCUT2D eigenvalue weighted by molar-refractivity contribution is -0.120. The molecule has 1 aliphatic rings. The van der Waals surface area contributed by atoms with Gasteiger partial charge in [0.25, 0.3) is 0 Å². The number of halogens is 1. The van der Waals surface area contributed by atoms with Gasteiger partial charge in [-0.2, -0.15) is 0 Å². The number of hydrogen-bond donors (Lipinski definition) is 3. The molecular formula is C18H29IN4OS. The van der Waals surface area contributed by atoms with Gasteiger partial charge >= 0.3 is 0 Å². The molecule has 0 heterocycles. The van der Waals surface area contributed by atoms with Gasteiger partial charge in [0, 0.05) is 30.3 Å². The van der Waals surface area contributed by atoms with Crippen LogP contribution in [-0.2, 0) is 4.79 Å². The summed E-state index contributed by atoms with van der Waals surface area (Å²) in [7, 11) is 1.72. The van der Waals surface area contributed by atoms with Crippen LogP contribution in [0.1, 0.15) is 32.1 Å². The average Bonchev–Trinajstić information content (AvgIpc) is 2.63. The molecule has 140 valence electrons. The van der Waals surface area contributed by atoms with Crippen LogP contribution >= 0.6 is 35.7 Å². The molecule has 1 fully saturated rings. The minimum atomic E-state index is 0. The van der Waals surface area contributed by atoms with Crippen LogP contribution in [0, 0.1) is 0 Å². The fraction of sp³-hybridized carbons (Fsp3) is 0.556. The third-order valence-electron chi connectivity index (χ3n) is 4.02. The fourth-order valence-corrected chi connectivity index (χ4v) is 3.55. The molecule has 0 unspecified atom stereocenters. The lowest BCUT2D eigenvalue weighted by Gasteiger charge is -2.23. The Morgan fingerprint density at radius 1 is 1.16 bits per heavy atom. The summed E-state index contributed by atoms with van der Waals surface area (Å²) in [6.45, 7) is 1.06. The molecule has 0 saturated heterocycles. The second kappa shape index (κ2) is 13.3. The Labute approximate surface area is 172 Å². The molecule has 0 aliphatic heterocycles. The van der Waals surface area contributed by atoms with Gasteiger partial charge in [0.1, 0.15) is 0 Å². The Kier molecular flexibility index (Phi) is 11.7. The van der Waals surface area contributed by atoms with Gasteiger partial charge in [0.2, 0.25) is 5.91 Å². The molecule has 1 amide bonds. The molecule has 0 aromatic heterocycles. The first-order chi connectivity index (χ1) is 11.8. The first kappa shape index (κ1) is 22.1. The third-order valence-corrected chi connectivity index (χ3v) is 5.03. The Balaban J connectivity index is 0.00000312. The molecule has 1 aromatic carbocycles. The summed E-state index contributed by atoms with van der Waals surface area (Å²) in [6, 6.07) is 10.7. The van der Waals surface area contributed by atoms with E-state index in [0.717, 1.165) is 25.1 Å². The van der Waals surface area contributed by atoms with Gasteiger partial charge < -0.3 is 16.0 Å². The van der Waals surface area contributed by atoms with Crippen molar-refractivity contribution in [2.45, 2.75) is 43.0 Å². The summed E-state index contributed by atoms with van der Waals surface area (Å²) in [5, 5.41) is 9.41. The molecule has 1 aromatic rings. The number of hydrogen-bond acceptors (Lipinski definition) is 3. The van der Waals surface area contributed by atoms with Gasteiger partial charge in [-0.05, 0) is 25.0 Å². The molecule has 0 bridgehead atoms. The second-order valence-corrected chi connectivity index (χ2v) is 7.08. The van der Waals surface area contributed by atoms with Gasteiger partial charge in [-0.1, -0.05) is 37.5 Å². The summed E-state index contributed by atoms with van der Waals surface area (Å²) >= 11 is 1.80. The molecule has 7 heteroatoms. The minimum absolute atomic E-state index is 0. The number of benzene rings is 1. The van der Waals surface area contributed by atoms with E-state index in [1.54, 1.807) is 18.8 Å². The van der Waals surface area contributed by atoms with Crippen LogP contribution in [-0.4, -0.2) is 43.8 Å². The first-order valence-corrected chi connectivity index (χ1v) is 9.68. The van der Waals surface area contributed by atoms with Crippen molar-refractivity contribution in [2.24, 2.45) is 4.99 Å². The third kappa shape index (κ3) is 9.34. The fourth-order valence-electron chi connectivity index (χ4n) is 2.77. The Hall–Kier alpha value is -0.960. The number of amides is 1. The van der Waals surface area contributed by atoms with E-state index in [2.05, 4.69) is 33.1 Å². The summed E-state index contributed by atoms with van der Waals surface area (Å²) in [5.41, 5.74) is 0. The van der Waals surface area contributed by atoms with Crippen LogP contribution in [0.25, 0.3) is 0 Å². The molecule has 0 radical (unpaired) electrons. The number of thioether (sulfide) groups is 1. The number of guanidine groups is 1. The van der Waals surface area contributed by atoms with Gasteiger partial charge in [0.05, 0.1) is 6.54 Å². The molecular weight excluding hydrogens is 447 g/mol. The van der Waals surface area contributed by atoms with Crippen molar-refractivity contribution < 1.29 is 4.79 Å². The highest BCUT2D eigenvalue weighted by molar-refractivity contribution is 14.0. The molecule has 1 saturated carbocycles. The van der Waals surface area contributed by atoms with Crippen LogP contribution in [0.15, 0.2) is 40.2 Å². The standard InChI is InChI=1S/C18H28N4OS.HI/c1-19-18(20-12-13-24-16-10-6-3-7-11-16)21-14-17(23)22-15-8-4-2-5-9-15;/h3,6-7,10-11,15H,2,4-5,8-9,12-14H2,1H3,(H,22,23)(H2,19,20,21);1H. The monoisotopic (exact) mass is 476 g/mol. The van der Waals surface area contributed by atoms with Crippen LogP contribution < -0.4 is 16.0 Å². The molecule has 0 atom stereocenters. The predicted octanol–water partition coefficient (Wildman–Crippen LogP) is 3.01. The van der Waals surface area contributed by atoms with Gasteiger partial charge in [-0.25, -0.2) is 0 Å². The van der Waals surface area contributed by atoms with Gasteiger partial charge in [-0.3, -0.25) is 9.79 Å². The maximum Gasteiger partial charge on any atom is 0.239 e. The normalized spacial score (nSPS) is 15.2.